The summed E-state index contributed by atoms with van der Waals surface area (Å²) in [7, 11) is 0. The second kappa shape index (κ2) is 4.73. The summed E-state index contributed by atoms with van der Waals surface area (Å²) in [5.74, 6) is -0.246. The smallest absolute Gasteiger partial charge is 0.235 e. The Bertz CT molecular complexity index is 192. The predicted octanol–water partition coefficient (Wildman–Crippen LogP) is 0.543. The molecule has 1 aliphatic rings. The lowest BCUT2D eigenvalue weighted by molar-refractivity contribution is -0.123. The Hall–Kier alpha value is -1.08. The van der Waals surface area contributed by atoms with E-state index in [2.05, 4.69) is 5.32 Å². The zero-order valence-electron chi connectivity index (χ0n) is 6.88. The van der Waals surface area contributed by atoms with Crippen LogP contribution in [0.4, 0.5) is 0 Å². The molecule has 1 atom stereocenters. The van der Waals surface area contributed by atoms with Gasteiger partial charge in [0.2, 0.25) is 5.91 Å². The van der Waals surface area contributed by atoms with Gasteiger partial charge < -0.3 is 4.74 Å². The third kappa shape index (κ3) is 2.89. The van der Waals surface area contributed by atoms with Crippen LogP contribution in [-0.4, -0.2) is 18.6 Å². The quantitative estimate of drug-likeness (QED) is 0.483. The van der Waals surface area contributed by atoms with Crippen molar-refractivity contribution in [2.45, 2.75) is 31.8 Å². The largest absolute Gasteiger partial charge is 0.378 e. The lowest BCUT2D eigenvalue weighted by Crippen LogP contribution is -2.27. The summed E-state index contributed by atoms with van der Waals surface area (Å²) in [6, 6.07) is 0. The number of hydrogen-bond donors (Lipinski definition) is 1. The molecular formula is C8H12N2O2. The molecule has 4 heteroatoms. The van der Waals surface area contributed by atoms with Crippen molar-refractivity contribution in [1.82, 2.24) is 5.32 Å². The Morgan fingerprint density at radius 2 is 2.50 bits per heavy atom. The maximum absolute atomic E-state index is 10.9. The highest BCUT2D eigenvalue weighted by Gasteiger charge is 2.16. The molecule has 4 nitrogen and oxygen atoms in total. The van der Waals surface area contributed by atoms with Crippen LogP contribution in [0.5, 0.6) is 0 Å². The van der Waals surface area contributed by atoms with Crippen molar-refractivity contribution in [3.05, 3.63) is 0 Å². The van der Waals surface area contributed by atoms with Gasteiger partial charge in [-0.05, 0) is 19.3 Å². The van der Waals surface area contributed by atoms with Crippen LogP contribution in [0.15, 0.2) is 0 Å². The monoisotopic (exact) mass is 168 g/mol. The van der Waals surface area contributed by atoms with Gasteiger partial charge in [-0.1, -0.05) is 0 Å². The first-order chi connectivity index (χ1) is 5.83. The summed E-state index contributed by atoms with van der Waals surface area (Å²) in [6.45, 7) is 0.741. The molecule has 1 aliphatic heterocycles. The molecule has 66 valence electrons. The molecule has 1 fully saturated rings. The topological polar surface area (TPSA) is 62.1 Å². The normalized spacial score (nSPS) is 22.8. The van der Waals surface area contributed by atoms with E-state index in [1.165, 1.54) is 0 Å². The van der Waals surface area contributed by atoms with Crippen LogP contribution in [0.1, 0.15) is 25.7 Å². The number of nitrogens with zero attached hydrogens (tertiary/aromatic N) is 1. The van der Waals surface area contributed by atoms with E-state index < -0.39 is 0 Å². The molecule has 0 aromatic heterocycles. The van der Waals surface area contributed by atoms with E-state index in [0.29, 0.717) is 6.42 Å². The van der Waals surface area contributed by atoms with Gasteiger partial charge in [0.25, 0.3) is 0 Å². The molecule has 1 amide bonds. The summed E-state index contributed by atoms with van der Waals surface area (Å²) in [5, 5.41) is 10.2. The van der Waals surface area contributed by atoms with Crippen molar-refractivity contribution in [2.75, 3.05) is 6.61 Å². The SMILES string of the molecule is N#CNC(=O)CC1CCCCO1. The standard InChI is InChI=1S/C8H12N2O2/c9-6-10-8(11)5-7-3-1-2-4-12-7/h7H,1-5H2,(H,10,11). The van der Waals surface area contributed by atoms with E-state index in [1.54, 1.807) is 6.19 Å². The van der Waals surface area contributed by atoms with Gasteiger partial charge in [-0.3, -0.25) is 10.1 Å². The number of carbonyl (C=O) groups excluding carboxylic acids is 1. The average Bonchev–Trinajstić information content (AvgIpc) is 2.06. The van der Waals surface area contributed by atoms with Crippen molar-refractivity contribution in [3.8, 4) is 6.19 Å². The number of nitrogens with one attached hydrogen (secondary N) is 1. The maximum atomic E-state index is 10.9. The van der Waals surface area contributed by atoms with Crippen molar-refractivity contribution in [1.29, 1.82) is 5.26 Å². The molecule has 12 heavy (non-hydrogen) atoms. The summed E-state index contributed by atoms with van der Waals surface area (Å²) < 4.78 is 5.32. The Balaban J connectivity index is 2.21. The molecule has 0 aromatic rings. The average molecular weight is 168 g/mol. The molecule has 0 radical (unpaired) electrons. The molecule has 0 saturated carbocycles. The Morgan fingerprint density at radius 1 is 1.67 bits per heavy atom. The first-order valence-corrected chi connectivity index (χ1v) is 4.12. The summed E-state index contributed by atoms with van der Waals surface area (Å²) in [6.07, 6.45) is 5.06. The van der Waals surface area contributed by atoms with E-state index in [9.17, 15) is 4.79 Å². The predicted molar refractivity (Wildman–Crippen MR) is 42.0 cm³/mol. The molecule has 0 aromatic carbocycles. The second-order valence-electron chi connectivity index (χ2n) is 2.85. The number of rotatable bonds is 2. The zero-order chi connectivity index (χ0) is 8.81. The van der Waals surface area contributed by atoms with Crippen molar-refractivity contribution in [3.63, 3.8) is 0 Å². The minimum atomic E-state index is -0.246. The van der Waals surface area contributed by atoms with E-state index in [-0.39, 0.29) is 12.0 Å². The van der Waals surface area contributed by atoms with Crippen LogP contribution in [0.3, 0.4) is 0 Å². The van der Waals surface area contributed by atoms with Crippen LogP contribution in [0, 0.1) is 11.5 Å². The summed E-state index contributed by atoms with van der Waals surface area (Å²) in [5.41, 5.74) is 0. The zero-order valence-corrected chi connectivity index (χ0v) is 6.88. The van der Waals surface area contributed by atoms with Crippen LogP contribution in [0.2, 0.25) is 0 Å². The number of nitriles is 1. The van der Waals surface area contributed by atoms with Gasteiger partial charge in [0.05, 0.1) is 12.5 Å². The van der Waals surface area contributed by atoms with Crippen LogP contribution >= 0.6 is 0 Å². The molecular weight excluding hydrogens is 156 g/mol. The Labute approximate surface area is 71.5 Å². The molecule has 1 saturated heterocycles. The van der Waals surface area contributed by atoms with Gasteiger partial charge in [0.1, 0.15) is 0 Å². The first-order valence-electron chi connectivity index (χ1n) is 4.12. The Morgan fingerprint density at radius 3 is 3.08 bits per heavy atom. The molecule has 0 spiro atoms. The number of ether oxygens (including phenoxy) is 1. The molecule has 1 N–H and O–H groups in total. The Kier molecular flexibility index (Phi) is 3.55. The van der Waals surface area contributed by atoms with Crippen LogP contribution in [0.25, 0.3) is 0 Å². The van der Waals surface area contributed by atoms with Gasteiger partial charge in [-0.15, -0.1) is 0 Å². The molecule has 1 heterocycles. The third-order valence-electron chi connectivity index (χ3n) is 1.88. The first kappa shape index (κ1) is 9.01. The maximum Gasteiger partial charge on any atom is 0.235 e. The fourth-order valence-electron chi connectivity index (χ4n) is 1.29. The van der Waals surface area contributed by atoms with Gasteiger partial charge in [-0.25, -0.2) is 0 Å². The molecule has 1 rings (SSSR count). The highest BCUT2D eigenvalue weighted by Crippen LogP contribution is 2.14. The number of hydrogen-bond acceptors (Lipinski definition) is 3. The van der Waals surface area contributed by atoms with Crippen molar-refractivity contribution < 1.29 is 9.53 Å². The number of carbonyl (C=O) groups is 1. The highest BCUT2D eigenvalue weighted by molar-refractivity contribution is 5.77. The van der Waals surface area contributed by atoms with E-state index in [1.807, 2.05) is 0 Å². The van der Waals surface area contributed by atoms with E-state index in [0.717, 1.165) is 25.9 Å². The van der Waals surface area contributed by atoms with Crippen molar-refractivity contribution in [2.24, 2.45) is 0 Å². The van der Waals surface area contributed by atoms with Gasteiger partial charge in [0.15, 0.2) is 6.19 Å². The van der Waals surface area contributed by atoms with Crippen molar-refractivity contribution >= 4 is 5.91 Å². The van der Waals surface area contributed by atoms with E-state index in [4.69, 9.17) is 10.00 Å². The summed E-state index contributed by atoms with van der Waals surface area (Å²) in [4.78, 5) is 10.9. The van der Waals surface area contributed by atoms with Gasteiger partial charge >= 0.3 is 0 Å². The molecule has 0 bridgehead atoms. The van der Waals surface area contributed by atoms with Gasteiger partial charge in [-0.2, -0.15) is 5.26 Å². The lowest BCUT2D eigenvalue weighted by atomic mass is 10.1. The molecule has 1 unspecified atom stereocenters. The minimum Gasteiger partial charge on any atom is -0.378 e. The molecule has 0 aliphatic carbocycles. The number of amides is 1. The minimum absolute atomic E-state index is 0.0205. The fourth-order valence-corrected chi connectivity index (χ4v) is 1.29. The third-order valence-corrected chi connectivity index (χ3v) is 1.88. The second-order valence-corrected chi connectivity index (χ2v) is 2.85. The fraction of sp³-hybridized carbons (Fsp3) is 0.750. The summed E-state index contributed by atoms with van der Waals surface area (Å²) >= 11 is 0. The van der Waals surface area contributed by atoms with Gasteiger partial charge in [0, 0.05) is 6.61 Å². The lowest BCUT2D eigenvalue weighted by Gasteiger charge is -2.21. The van der Waals surface area contributed by atoms with Crippen LogP contribution < -0.4 is 5.32 Å². The van der Waals surface area contributed by atoms with E-state index >= 15 is 0 Å². The van der Waals surface area contributed by atoms with Crippen LogP contribution in [-0.2, 0) is 9.53 Å². The highest BCUT2D eigenvalue weighted by atomic mass is 16.5.